The molecule has 0 aromatic carbocycles. The molecule has 3 fully saturated rings. The number of thiophene rings is 1. The van der Waals surface area contributed by atoms with Gasteiger partial charge in [-0.1, -0.05) is 31.6 Å². The second-order valence-corrected chi connectivity index (χ2v) is 11.8. The average molecular weight is 514 g/mol. The summed E-state index contributed by atoms with van der Waals surface area (Å²) >= 11 is 1.37. The largest absolute Gasteiger partial charge is 0.465 e. The highest BCUT2D eigenvalue weighted by Gasteiger charge is 2.28. The number of ketones is 1. The van der Waals surface area contributed by atoms with Crippen molar-refractivity contribution in [3.05, 3.63) is 21.4 Å². The summed E-state index contributed by atoms with van der Waals surface area (Å²) in [6.45, 7) is 4.61. The molecule has 1 aromatic rings. The lowest BCUT2D eigenvalue weighted by Gasteiger charge is -2.29. The molecule has 1 aromatic heterocycles. The summed E-state index contributed by atoms with van der Waals surface area (Å²) in [4.78, 5) is 42.0. The second kappa shape index (κ2) is 12.9. The highest BCUT2D eigenvalue weighted by atomic mass is 32.1. The second-order valence-electron chi connectivity index (χ2n) is 10.7. The Bertz CT molecular complexity index is 987. The van der Waals surface area contributed by atoms with E-state index >= 15 is 0 Å². The Labute approximate surface area is 219 Å². The zero-order valence-corrected chi connectivity index (χ0v) is 22.5. The molecule has 2 saturated carbocycles. The number of carbonyl (C=O) groups excluding carboxylic acids is 3. The van der Waals surface area contributed by atoms with Crippen molar-refractivity contribution in [2.75, 3.05) is 33.4 Å². The molecule has 0 spiro atoms. The number of amides is 1. The van der Waals surface area contributed by atoms with Crippen LogP contribution in [0.25, 0.3) is 0 Å². The monoisotopic (exact) mass is 513 g/mol. The first kappa shape index (κ1) is 26.9. The molecule has 1 saturated heterocycles. The number of hydrogen-bond donors (Lipinski definition) is 0. The molecule has 1 aliphatic heterocycles. The predicted octanol–water partition coefficient (Wildman–Crippen LogP) is 4.88. The van der Waals surface area contributed by atoms with Crippen LogP contribution in [0.15, 0.2) is 6.07 Å². The molecule has 1 unspecified atom stereocenters. The van der Waals surface area contributed by atoms with Gasteiger partial charge in [-0.25, -0.2) is 4.79 Å². The van der Waals surface area contributed by atoms with Crippen LogP contribution in [0, 0.1) is 35.5 Å². The third kappa shape index (κ3) is 7.66. The minimum atomic E-state index is -0.361. The third-order valence-electron chi connectivity index (χ3n) is 7.76. The molecule has 1 amide bonds. The SMILES string of the molecule is COC(=O)c1sc(C#CC2CC2)cc1CC(CCC(=O)C1CCC(C)CC1)CC(=O)N1CCOCC1. The molecule has 0 radical (unpaired) electrons. The molecular formula is C29H39NO5S. The van der Waals surface area contributed by atoms with Crippen LogP contribution in [0.2, 0.25) is 0 Å². The minimum absolute atomic E-state index is 0.0194. The molecule has 7 heteroatoms. The molecular weight excluding hydrogens is 474 g/mol. The van der Waals surface area contributed by atoms with E-state index in [1.165, 1.54) is 18.4 Å². The van der Waals surface area contributed by atoms with E-state index in [2.05, 4.69) is 18.8 Å². The standard InChI is InChI=1S/C29H39NO5S/c1-20-3-9-23(10-4-20)26(31)12-8-22(18-27(32)30-13-15-35-16-14-30)17-24-19-25(11-7-21-5-6-21)36-28(24)29(33)34-2/h19-23H,3-6,8-10,12-18H2,1-2H3. The van der Waals surface area contributed by atoms with Crippen LogP contribution in [0.5, 0.6) is 0 Å². The molecule has 36 heavy (non-hydrogen) atoms. The highest BCUT2D eigenvalue weighted by Crippen LogP contribution is 2.33. The van der Waals surface area contributed by atoms with Gasteiger partial charge in [0.05, 0.1) is 25.2 Å². The van der Waals surface area contributed by atoms with E-state index in [0.717, 1.165) is 49.0 Å². The number of Topliss-reactive ketones (excluding diaryl/α,β-unsaturated/α-hetero) is 1. The lowest BCUT2D eigenvalue weighted by atomic mass is 9.79. The minimum Gasteiger partial charge on any atom is -0.465 e. The summed E-state index contributed by atoms with van der Waals surface area (Å²) in [5.74, 6) is 7.90. The maximum absolute atomic E-state index is 13.1. The van der Waals surface area contributed by atoms with Crippen LogP contribution in [-0.4, -0.2) is 56.0 Å². The van der Waals surface area contributed by atoms with E-state index in [-0.39, 0.29) is 23.7 Å². The van der Waals surface area contributed by atoms with Gasteiger partial charge in [0, 0.05) is 37.8 Å². The molecule has 0 bridgehead atoms. The fourth-order valence-corrected chi connectivity index (χ4v) is 6.19. The number of esters is 1. The number of nitrogens with zero attached hydrogens (tertiary/aromatic N) is 1. The van der Waals surface area contributed by atoms with E-state index in [9.17, 15) is 14.4 Å². The maximum Gasteiger partial charge on any atom is 0.348 e. The predicted molar refractivity (Wildman–Crippen MR) is 140 cm³/mol. The number of methoxy groups -OCH3 is 1. The van der Waals surface area contributed by atoms with Gasteiger partial charge in [0.1, 0.15) is 10.7 Å². The number of carbonyl (C=O) groups is 3. The van der Waals surface area contributed by atoms with E-state index in [0.29, 0.717) is 74.5 Å². The summed E-state index contributed by atoms with van der Waals surface area (Å²) in [5.41, 5.74) is 0.880. The Morgan fingerprint density at radius 1 is 1.14 bits per heavy atom. The smallest absolute Gasteiger partial charge is 0.348 e. The van der Waals surface area contributed by atoms with Crippen LogP contribution < -0.4 is 0 Å². The fourth-order valence-electron chi connectivity index (χ4n) is 5.22. The molecule has 6 nitrogen and oxygen atoms in total. The van der Waals surface area contributed by atoms with Crippen molar-refractivity contribution in [1.29, 1.82) is 0 Å². The lowest BCUT2D eigenvalue weighted by Crippen LogP contribution is -2.41. The summed E-state index contributed by atoms with van der Waals surface area (Å²) in [6.07, 6.45) is 8.59. The quantitative estimate of drug-likeness (QED) is 0.348. The fraction of sp³-hybridized carbons (Fsp3) is 0.690. The van der Waals surface area contributed by atoms with Crippen molar-refractivity contribution >= 4 is 29.0 Å². The maximum atomic E-state index is 13.1. The zero-order chi connectivity index (χ0) is 25.5. The first-order chi connectivity index (χ1) is 17.4. The molecule has 0 N–H and O–H groups in total. The first-order valence-electron chi connectivity index (χ1n) is 13.5. The molecule has 2 aliphatic carbocycles. The Kier molecular flexibility index (Phi) is 9.61. The van der Waals surface area contributed by atoms with Gasteiger partial charge in [-0.15, -0.1) is 11.3 Å². The van der Waals surface area contributed by atoms with E-state index in [4.69, 9.17) is 9.47 Å². The van der Waals surface area contributed by atoms with E-state index in [1.54, 1.807) is 0 Å². The highest BCUT2D eigenvalue weighted by molar-refractivity contribution is 7.14. The van der Waals surface area contributed by atoms with Crippen molar-refractivity contribution in [2.45, 2.75) is 71.1 Å². The van der Waals surface area contributed by atoms with Gasteiger partial charge in [0.2, 0.25) is 5.91 Å². The number of morpholine rings is 1. The normalized spacial score (nSPS) is 22.9. The summed E-state index contributed by atoms with van der Waals surface area (Å²) in [6, 6.07) is 1.99. The lowest BCUT2D eigenvalue weighted by molar-refractivity contribution is -0.136. The van der Waals surface area contributed by atoms with Gasteiger partial charge in [0.25, 0.3) is 0 Å². The van der Waals surface area contributed by atoms with Crippen molar-refractivity contribution in [2.24, 2.45) is 23.7 Å². The summed E-state index contributed by atoms with van der Waals surface area (Å²) in [5, 5.41) is 0. The molecule has 2 heterocycles. The van der Waals surface area contributed by atoms with Gasteiger partial charge < -0.3 is 14.4 Å². The number of hydrogen-bond acceptors (Lipinski definition) is 6. The van der Waals surface area contributed by atoms with Gasteiger partial charge >= 0.3 is 5.97 Å². The number of ether oxygens (including phenoxy) is 2. The topological polar surface area (TPSA) is 72.9 Å². The van der Waals surface area contributed by atoms with Crippen LogP contribution in [0.4, 0.5) is 0 Å². The first-order valence-corrected chi connectivity index (χ1v) is 14.3. The van der Waals surface area contributed by atoms with Crippen molar-refractivity contribution in [3.8, 4) is 11.8 Å². The van der Waals surface area contributed by atoms with E-state index < -0.39 is 0 Å². The van der Waals surface area contributed by atoms with Gasteiger partial charge in [-0.05, 0) is 62.0 Å². The zero-order valence-electron chi connectivity index (χ0n) is 21.7. The summed E-state index contributed by atoms with van der Waals surface area (Å²) < 4.78 is 10.5. The van der Waals surface area contributed by atoms with Crippen LogP contribution in [0.3, 0.4) is 0 Å². The summed E-state index contributed by atoms with van der Waals surface area (Å²) in [7, 11) is 1.39. The Morgan fingerprint density at radius 3 is 2.53 bits per heavy atom. The van der Waals surface area contributed by atoms with Crippen molar-refractivity contribution in [3.63, 3.8) is 0 Å². The Balaban J connectivity index is 1.47. The van der Waals surface area contributed by atoms with Gasteiger partial charge in [-0.2, -0.15) is 0 Å². The third-order valence-corrected chi connectivity index (χ3v) is 8.84. The Hall–Kier alpha value is -2.17. The average Bonchev–Trinajstić information content (AvgIpc) is 3.65. The number of rotatable bonds is 9. The molecule has 4 rings (SSSR count). The van der Waals surface area contributed by atoms with Gasteiger partial charge in [-0.3, -0.25) is 9.59 Å². The van der Waals surface area contributed by atoms with Crippen LogP contribution in [0.1, 0.15) is 84.8 Å². The van der Waals surface area contributed by atoms with Crippen LogP contribution in [-0.2, 0) is 25.5 Å². The van der Waals surface area contributed by atoms with Crippen molar-refractivity contribution < 1.29 is 23.9 Å². The van der Waals surface area contributed by atoms with Crippen LogP contribution >= 0.6 is 11.3 Å². The van der Waals surface area contributed by atoms with Gasteiger partial charge in [0.15, 0.2) is 0 Å². The molecule has 3 aliphatic rings. The Morgan fingerprint density at radius 2 is 1.86 bits per heavy atom. The van der Waals surface area contributed by atoms with E-state index in [1.807, 2.05) is 11.0 Å². The van der Waals surface area contributed by atoms with Crippen molar-refractivity contribution in [1.82, 2.24) is 4.90 Å². The molecule has 196 valence electrons. The molecule has 1 atom stereocenters.